The highest BCUT2D eigenvalue weighted by molar-refractivity contribution is 5.69. The lowest BCUT2D eigenvalue weighted by Gasteiger charge is -1.93. The van der Waals surface area contributed by atoms with Crippen molar-refractivity contribution in [2.75, 3.05) is 7.11 Å². The van der Waals surface area contributed by atoms with E-state index in [0.717, 1.165) is 0 Å². The summed E-state index contributed by atoms with van der Waals surface area (Å²) in [7, 11) is 1.35. The third kappa shape index (κ3) is 5.16. The normalized spacial score (nSPS) is 10.5. The molecule has 0 saturated heterocycles. The number of nitriles is 1. The minimum absolute atomic E-state index is 0.244. The molecule has 0 unspecified atom stereocenters. The average molecular weight is 153 g/mol. The maximum Gasteiger partial charge on any atom is 0.305 e. The van der Waals surface area contributed by atoms with Gasteiger partial charge in [0.2, 0.25) is 0 Å². The third-order valence-corrected chi connectivity index (χ3v) is 1.20. The van der Waals surface area contributed by atoms with Gasteiger partial charge in [-0.25, -0.2) is 0 Å². The van der Waals surface area contributed by atoms with Crippen LogP contribution in [0, 0.1) is 11.3 Å². The first-order chi connectivity index (χ1) is 5.20. The fraction of sp³-hybridized carbons (Fsp3) is 0.500. The van der Waals surface area contributed by atoms with Gasteiger partial charge < -0.3 is 4.74 Å². The molecule has 0 aliphatic rings. The molecule has 0 radical (unpaired) electrons. The highest BCUT2D eigenvalue weighted by Gasteiger charge is 1.96. The second-order valence-corrected chi connectivity index (χ2v) is 2.11. The van der Waals surface area contributed by atoms with Gasteiger partial charge in [0.25, 0.3) is 0 Å². The Morgan fingerprint density at radius 3 is 2.82 bits per heavy atom. The molecular weight excluding hydrogens is 142 g/mol. The van der Waals surface area contributed by atoms with Gasteiger partial charge in [-0.2, -0.15) is 5.26 Å². The summed E-state index contributed by atoms with van der Waals surface area (Å²) in [5.74, 6) is -0.244. The second kappa shape index (κ2) is 5.48. The Morgan fingerprint density at radius 2 is 2.36 bits per heavy atom. The predicted molar refractivity (Wildman–Crippen MR) is 40.6 cm³/mol. The largest absolute Gasteiger partial charge is 0.469 e. The number of allylic oxidation sites excluding steroid dienone is 2. The maximum atomic E-state index is 10.5. The number of hydrogen-bond acceptors (Lipinski definition) is 3. The number of rotatable bonds is 3. The van der Waals surface area contributed by atoms with Crippen molar-refractivity contribution < 1.29 is 9.53 Å². The highest BCUT2D eigenvalue weighted by Crippen LogP contribution is 1.97. The molecule has 0 bridgehead atoms. The Labute approximate surface area is 66.3 Å². The van der Waals surface area contributed by atoms with Gasteiger partial charge in [-0.05, 0) is 13.3 Å². The number of ether oxygens (including phenoxy) is 1. The fourth-order valence-electron chi connectivity index (χ4n) is 0.554. The van der Waals surface area contributed by atoms with Crippen LogP contribution >= 0.6 is 0 Å². The molecule has 0 atom stereocenters. The molecule has 0 aromatic carbocycles. The van der Waals surface area contributed by atoms with Gasteiger partial charge in [-0.1, -0.05) is 6.08 Å². The lowest BCUT2D eigenvalue weighted by molar-refractivity contribution is -0.140. The first-order valence-electron chi connectivity index (χ1n) is 3.34. The zero-order chi connectivity index (χ0) is 8.69. The van der Waals surface area contributed by atoms with E-state index in [0.29, 0.717) is 18.4 Å². The van der Waals surface area contributed by atoms with E-state index in [9.17, 15) is 4.79 Å². The smallest absolute Gasteiger partial charge is 0.305 e. The summed E-state index contributed by atoms with van der Waals surface area (Å²) in [5.41, 5.74) is 0.633. The average Bonchev–Trinajstić information content (AvgIpc) is 2.04. The van der Waals surface area contributed by atoms with Crippen molar-refractivity contribution >= 4 is 5.97 Å². The molecule has 0 rings (SSSR count). The zero-order valence-electron chi connectivity index (χ0n) is 6.76. The van der Waals surface area contributed by atoms with Crippen LogP contribution in [0.5, 0.6) is 0 Å². The standard InChI is InChI=1S/C8H11NO2/c1-7(6-9)4-3-5-8(10)11-2/h4H,3,5H2,1-2H3. The first kappa shape index (κ1) is 9.70. The lowest BCUT2D eigenvalue weighted by atomic mass is 10.2. The lowest BCUT2D eigenvalue weighted by Crippen LogP contribution is -1.98. The van der Waals surface area contributed by atoms with Crippen molar-refractivity contribution in [2.24, 2.45) is 0 Å². The van der Waals surface area contributed by atoms with Crippen molar-refractivity contribution in [3.8, 4) is 6.07 Å². The number of carbonyl (C=O) groups excluding carboxylic acids is 1. The van der Waals surface area contributed by atoms with Crippen LogP contribution in [0.4, 0.5) is 0 Å². The molecule has 0 aromatic rings. The van der Waals surface area contributed by atoms with E-state index in [-0.39, 0.29) is 5.97 Å². The Hall–Kier alpha value is -1.30. The van der Waals surface area contributed by atoms with Crippen LogP contribution in [0.2, 0.25) is 0 Å². The van der Waals surface area contributed by atoms with Crippen molar-refractivity contribution in [3.63, 3.8) is 0 Å². The molecule has 0 aliphatic carbocycles. The molecule has 0 aromatic heterocycles. The van der Waals surface area contributed by atoms with Gasteiger partial charge in [-0.3, -0.25) is 4.79 Å². The summed E-state index contributed by atoms with van der Waals surface area (Å²) in [6, 6.07) is 1.97. The summed E-state index contributed by atoms with van der Waals surface area (Å²) in [6.07, 6.45) is 2.64. The summed E-state index contributed by atoms with van der Waals surface area (Å²) >= 11 is 0. The molecular formula is C8H11NO2. The Morgan fingerprint density at radius 1 is 1.73 bits per heavy atom. The van der Waals surface area contributed by atoms with E-state index in [1.54, 1.807) is 13.0 Å². The number of esters is 1. The van der Waals surface area contributed by atoms with Crippen LogP contribution in [0.25, 0.3) is 0 Å². The molecule has 0 saturated carbocycles. The summed E-state index contributed by atoms with van der Waals surface area (Å²) in [5, 5.41) is 8.32. The van der Waals surface area contributed by atoms with Crippen LogP contribution in [0.15, 0.2) is 11.6 Å². The SMILES string of the molecule is COC(=O)CCC=C(C)C#N. The second-order valence-electron chi connectivity index (χ2n) is 2.11. The van der Waals surface area contributed by atoms with Gasteiger partial charge in [0.15, 0.2) is 0 Å². The topological polar surface area (TPSA) is 50.1 Å². The van der Waals surface area contributed by atoms with Gasteiger partial charge in [-0.15, -0.1) is 0 Å². The van der Waals surface area contributed by atoms with Gasteiger partial charge in [0.1, 0.15) is 0 Å². The highest BCUT2D eigenvalue weighted by atomic mass is 16.5. The van der Waals surface area contributed by atoms with Crippen molar-refractivity contribution in [1.82, 2.24) is 0 Å². The summed E-state index contributed by atoms with van der Waals surface area (Å²) < 4.78 is 4.41. The fourth-order valence-corrected chi connectivity index (χ4v) is 0.554. The maximum absolute atomic E-state index is 10.5. The minimum atomic E-state index is -0.244. The summed E-state index contributed by atoms with van der Waals surface area (Å²) in [4.78, 5) is 10.5. The molecule has 0 fully saturated rings. The number of methoxy groups -OCH3 is 1. The van der Waals surface area contributed by atoms with E-state index in [2.05, 4.69) is 4.74 Å². The van der Waals surface area contributed by atoms with Crippen LogP contribution in [0.3, 0.4) is 0 Å². The molecule has 0 aliphatic heterocycles. The third-order valence-electron chi connectivity index (χ3n) is 1.20. The quantitative estimate of drug-likeness (QED) is 0.455. The first-order valence-corrected chi connectivity index (χ1v) is 3.34. The molecule has 0 N–H and O–H groups in total. The molecule has 0 heterocycles. The number of hydrogen-bond donors (Lipinski definition) is 0. The minimum Gasteiger partial charge on any atom is -0.469 e. The zero-order valence-corrected chi connectivity index (χ0v) is 6.76. The van der Waals surface area contributed by atoms with Crippen molar-refractivity contribution in [1.29, 1.82) is 5.26 Å². The van der Waals surface area contributed by atoms with E-state index < -0.39 is 0 Å². The molecule has 3 nitrogen and oxygen atoms in total. The van der Waals surface area contributed by atoms with Crippen LogP contribution < -0.4 is 0 Å². The van der Waals surface area contributed by atoms with Crippen molar-refractivity contribution in [3.05, 3.63) is 11.6 Å². The number of nitrogens with zero attached hydrogens (tertiary/aromatic N) is 1. The predicted octanol–water partition coefficient (Wildman–Crippen LogP) is 1.41. The van der Waals surface area contributed by atoms with E-state index in [4.69, 9.17) is 5.26 Å². The van der Waals surface area contributed by atoms with Crippen LogP contribution in [0.1, 0.15) is 19.8 Å². The number of carbonyl (C=O) groups is 1. The van der Waals surface area contributed by atoms with Gasteiger partial charge in [0.05, 0.1) is 13.2 Å². The molecule has 3 heteroatoms. The molecule has 11 heavy (non-hydrogen) atoms. The van der Waals surface area contributed by atoms with E-state index in [1.165, 1.54) is 7.11 Å². The molecule has 60 valence electrons. The van der Waals surface area contributed by atoms with E-state index in [1.807, 2.05) is 6.07 Å². The monoisotopic (exact) mass is 153 g/mol. The molecule has 0 spiro atoms. The van der Waals surface area contributed by atoms with Crippen LogP contribution in [-0.4, -0.2) is 13.1 Å². The van der Waals surface area contributed by atoms with Crippen LogP contribution in [-0.2, 0) is 9.53 Å². The van der Waals surface area contributed by atoms with E-state index >= 15 is 0 Å². The Balaban J connectivity index is 3.58. The van der Waals surface area contributed by atoms with Gasteiger partial charge >= 0.3 is 5.97 Å². The Bertz CT molecular complexity index is 201. The van der Waals surface area contributed by atoms with Gasteiger partial charge in [0, 0.05) is 12.0 Å². The Kier molecular flexibility index (Phi) is 4.83. The molecule has 0 amide bonds. The summed E-state index contributed by atoms with van der Waals surface area (Å²) in [6.45, 7) is 1.71. The van der Waals surface area contributed by atoms with Crippen molar-refractivity contribution in [2.45, 2.75) is 19.8 Å².